The second kappa shape index (κ2) is 7.49. The molecular formula is C22H22FN7O2. The molecule has 0 unspecified atom stereocenters. The van der Waals surface area contributed by atoms with Crippen LogP contribution >= 0.6 is 0 Å². The van der Waals surface area contributed by atoms with Gasteiger partial charge in [0, 0.05) is 30.7 Å². The zero-order valence-electron chi connectivity index (χ0n) is 17.5. The number of hydrogen-bond acceptors (Lipinski definition) is 8. The van der Waals surface area contributed by atoms with E-state index >= 15 is 0 Å². The number of nitrogens with one attached hydrogen (secondary N) is 2. The molecule has 0 radical (unpaired) electrons. The third-order valence-corrected chi connectivity index (χ3v) is 6.00. The number of ether oxygens (including phenoxy) is 2. The Hall–Kier alpha value is -3.66. The van der Waals surface area contributed by atoms with E-state index in [1.54, 1.807) is 17.8 Å². The van der Waals surface area contributed by atoms with Gasteiger partial charge in [-0.3, -0.25) is 4.99 Å². The third kappa shape index (κ3) is 3.14. The topological polar surface area (TPSA) is 88.3 Å². The zero-order valence-corrected chi connectivity index (χ0v) is 17.5. The summed E-state index contributed by atoms with van der Waals surface area (Å²) in [4.78, 5) is 10.9. The van der Waals surface area contributed by atoms with Crippen LogP contribution < -0.4 is 15.4 Å². The van der Waals surface area contributed by atoms with Gasteiger partial charge in [0.2, 0.25) is 11.8 Å². The van der Waals surface area contributed by atoms with Gasteiger partial charge in [-0.15, -0.1) is 5.10 Å². The Morgan fingerprint density at radius 2 is 2.19 bits per heavy atom. The molecule has 0 saturated carbocycles. The lowest BCUT2D eigenvalue weighted by molar-refractivity contribution is -0.0462. The molecule has 5 heterocycles. The van der Waals surface area contributed by atoms with Gasteiger partial charge in [0.25, 0.3) is 0 Å². The molecule has 9 nitrogen and oxygen atoms in total. The summed E-state index contributed by atoms with van der Waals surface area (Å²) in [6.45, 7) is 2.46. The highest BCUT2D eigenvalue weighted by atomic mass is 19.1. The van der Waals surface area contributed by atoms with E-state index in [1.165, 1.54) is 0 Å². The quantitative estimate of drug-likeness (QED) is 0.637. The number of aromatic nitrogens is 3. The fourth-order valence-electron chi connectivity index (χ4n) is 4.22. The van der Waals surface area contributed by atoms with Crippen LogP contribution in [0.3, 0.4) is 0 Å². The van der Waals surface area contributed by atoms with Crippen molar-refractivity contribution in [2.24, 2.45) is 4.99 Å². The van der Waals surface area contributed by atoms with Crippen molar-refractivity contribution in [1.82, 2.24) is 19.5 Å². The van der Waals surface area contributed by atoms with Gasteiger partial charge < -0.3 is 25.0 Å². The summed E-state index contributed by atoms with van der Waals surface area (Å²) in [7, 11) is 1.57. The zero-order chi connectivity index (χ0) is 21.7. The number of anilines is 2. The van der Waals surface area contributed by atoms with Crippen molar-refractivity contribution in [3.63, 3.8) is 0 Å². The Kier molecular flexibility index (Phi) is 4.46. The second-order valence-corrected chi connectivity index (χ2v) is 7.99. The van der Waals surface area contributed by atoms with Crippen molar-refractivity contribution in [1.29, 1.82) is 0 Å². The molecule has 32 heavy (non-hydrogen) atoms. The van der Waals surface area contributed by atoms with Gasteiger partial charge in [-0.25, -0.2) is 8.91 Å². The molecule has 1 aromatic carbocycles. The smallest absolute Gasteiger partial charge is 0.244 e. The molecule has 0 bridgehead atoms. The number of fused-ring (bicyclic) bond motifs is 2. The molecule has 1 fully saturated rings. The van der Waals surface area contributed by atoms with Gasteiger partial charge in [-0.05, 0) is 23.8 Å². The first-order valence-corrected chi connectivity index (χ1v) is 10.5. The molecule has 3 aliphatic rings. The summed E-state index contributed by atoms with van der Waals surface area (Å²) >= 11 is 0. The second-order valence-electron chi connectivity index (χ2n) is 7.99. The van der Waals surface area contributed by atoms with Crippen molar-refractivity contribution in [3.8, 4) is 17.0 Å². The Bertz CT molecular complexity index is 1250. The van der Waals surface area contributed by atoms with Crippen LogP contribution in [0.15, 0.2) is 47.5 Å². The molecule has 6 rings (SSSR count). The van der Waals surface area contributed by atoms with Crippen LogP contribution in [0, 0.1) is 0 Å². The highest BCUT2D eigenvalue weighted by Crippen LogP contribution is 2.36. The van der Waals surface area contributed by atoms with Crippen molar-refractivity contribution < 1.29 is 13.9 Å². The van der Waals surface area contributed by atoms with Crippen LogP contribution in [-0.2, 0) is 4.74 Å². The molecule has 1 saturated heterocycles. The monoisotopic (exact) mass is 435 g/mol. The standard InChI is InChI=1S/C22H22FN7O2/c1-31-21-20-15(13-2-3-17-18(8-13)25-6-5-24-17)4-7-30(20)28-22(27-21)26-19-10-29(9-16(19)23)14-11-32-12-14/h2-5,7-9,14,19,25H,6,10-12H2,1H3,(H,26,28)/t19-/m1/s1. The molecule has 3 aromatic rings. The number of nitrogens with zero attached hydrogens (tertiary/aromatic N) is 5. The van der Waals surface area contributed by atoms with Gasteiger partial charge in [0.1, 0.15) is 11.3 Å². The number of halogens is 1. The summed E-state index contributed by atoms with van der Waals surface area (Å²) in [5, 5.41) is 11.0. The van der Waals surface area contributed by atoms with E-state index in [0.29, 0.717) is 38.1 Å². The Labute approximate surface area is 183 Å². The van der Waals surface area contributed by atoms with Gasteiger partial charge in [-0.1, -0.05) is 6.07 Å². The first-order valence-electron chi connectivity index (χ1n) is 10.5. The molecule has 2 N–H and O–H groups in total. The van der Waals surface area contributed by atoms with E-state index in [4.69, 9.17) is 9.47 Å². The first kappa shape index (κ1) is 19.1. The van der Waals surface area contributed by atoms with Crippen LogP contribution in [0.1, 0.15) is 0 Å². The van der Waals surface area contributed by atoms with E-state index < -0.39 is 6.04 Å². The Morgan fingerprint density at radius 3 is 3.00 bits per heavy atom. The predicted octanol–water partition coefficient (Wildman–Crippen LogP) is 2.84. The summed E-state index contributed by atoms with van der Waals surface area (Å²) < 4.78 is 27.0. The number of hydrogen-bond donors (Lipinski definition) is 2. The summed E-state index contributed by atoms with van der Waals surface area (Å²) in [5.41, 5.74) is 4.57. The van der Waals surface area contributed by atoms with Gasteiger partial charge >= 0.3 is 0 Å². The summed E-state index contributed by atoms with van der Waals surface area (Å²) in [5.74, 6) is 0.480. The fourth-order valence-corrected chi connectivity index (χ4v) is 4.22. The van der Waals surface area contributed by atoms with Crippen molar-refractivity contribution >= 4 is 29.1 Å². The van der Waals surface area contributed by atoms with E-state index in [1.807, 2.05) is 35.5 Å². The van der Waals surface area contributed by atoms with E-state index in [9.17, 15) is 4.39 Å². The molecule has 0 spiro atoms. The minimum absolute atomic E-state index is 0.231. The summed E-state index contributed by atoms with van der Waals surface area (Å²) in [6, 6.07) is 7.74. The Morgan fingerprint density at radius 1 is 1.28 bits per heavy atom. The van der Waals surface area contributed by atoms with E-state index in [0.717, 1.165) is 28.0 Å². The first-order chi connectivity index (χ1) is 15.7. The van der Waals surface area contributed by atoms with E-state index in [-0.39, 0.29) is 11.9 Å². The Balaban J connectivity index is 1.31. The molecule has 2 aromatic heterocycles. The highest BCUT2D eigenvalue weighted by molar-refractivity contribution is 5.89. The molecule has 1 atom stereocenters. The molecule has 0 amide bonds. The molecule has 10 heteroatoms. The predicted molar refractivity (Wildman–Crippen MR) is 120 cm³/mol. The average molecular weight is 435 g/mol. The molecule has 3 aliphatic heterocycles. The van der Waals surface area contributed by atoms with Gasteiger partial charge in [0.05, 0.1) is 50.3 Å². The number of rotatable bonds is 5. The largest absolute Gasteiger partial charge is 0.479 e. The molecule has 0 aliphatic carbocycles. The molecule has 164 valence electrons. The minimum atomic E-state index is -0.514. The number of methoxy groups -OCH3 is 1. The maximum absolute atomic E-state index is 14.5. The maximum Gasteiger partial charge on any atom is 0.244 e. The summed E-state index contributed by atoms with van der Waals surface area (Å²) in [6.07, 6.45) is 5.25. The van der Waals surface area contributed by atoms with Crippen LogP contribution in [0.5, 0.6) is 5.88 Å². The van der Waals surface area contributed by atoms with Crippen LogP contribution in [-0.4, -0.2) is 71.2 Å². The minimum Gasteiger partial charge on any atom is -0.479 e. The van der Waals surface area contributed by atoms with Crippen LogP contribution in [0.25, 0.3) is 16.6 Å². The van der Waals surface area contributed by atoms with Gasteiger partial charge in [0.15, 0.2) is 0 Å². The normalized spacial score (nSPS) is 20.0. The lowest BCUT2D eigenvalue weighted by atomic mass is 10.1. The van der Waals surface area contributed by atoms with Crippen LogP contribution in [0.2, 0.25) is 0 Å². The lowest BCUT2D eigenvalue weighted by Gasteiger charge is -2.34. The van der Waals surface area contributed by atoms with E-state index in [2.05, 4.69) is 31.8 Å². The van der Waals surface area contributed by atoms with Crippen LogP contribution in [0.4, 0.5) is 21.7 Å². The van der Waals surface area contributed by atoms with Crippen molar-refractivity contribution in [3.05, 3.63) is 42.5 Å². The van der Waals surface area contributed by atoms with Crippen molar-refractivity contribution in [2.75, 3.05) is 44.0 Å². The lowest BCUT2D eigenvalue weighted by Crippen LogP contribution is -2.47. The van der Waals surface area contributed by atoms with Crippen molar-refractivity contribution in [2.45, 2.75) is 12.1 Å². The SMILES string of the molecule is COc1nc(N[C@@H]2CN(C3COC3)C=C2F)nn2ccc(-c3ccc4c(c3)NCC=N4)c12. The fraction of sp³-hybridized carbons (Fsp3) is 0.318. The number of benzene rings is 1. The van der Waals surface area contributed by atoms with Gasteiger partial charge in [-0.2, -0.15) is 4.98 Å². The third-order valence-electron chi connectivity index (χ3n) is 6.00. The maximum atomic E-state index is 14.5. The average Bonchev–Trinajstić information content (AvgIpc) is 3.35. The highest BCUT2D eigenvalue weighted by Gasteiger charge is 2.33. The number of aliphatic imine (C=N–C) groups is 1. The molecular weight excluding hydrogens is 413 g/mol.